The van der Waals surface area contributed by atoms with Crippen molar-refractivity contribution in [1.29, 1.82) is 0 Å². The number of piperidine rings is 1. The van der Waals surface area contributed by atoms with E-state index in [1.54, 1.807) is 0 Å². The van der Waals surface area contributed by atoms with Gasteiger partial charge in [-0.3, -0.25) is 0 Å². The van der Waals surface area contributed by atoms with Gasteiger partial charge in [-0.05, 0) is 32.6 Å². The summed E-state index contributed by atoms with van der Waals surface area (Å²) in [5.41, 5.74) is 5.81. The van der Waals surface area contributed by atoms with E-state index >= 15 is 0 Å². The van der Waals surface area contributed by atoms with Crippen LogP contribution in [-0.4, -0.2) is 46.8 Å². The van der Waals surface area contributed by atoms with Gasteiger partial charge in [0, 0.05) is 19.7 Å². The molecule has 1 aromatic heterocycles. The number of rotatable bonds is 3. The summed E-state index contributed by atoms with van der Waals surface area (Å²) in [4.78, 5) is 15.1. The maximum absolute atomic E-state index is 5.81. The Labute approximate surface area is 118 Å². The van der Waals surface area contributed by atoms with Crippen LogP contribution in [0.1, 0.15) is 32.6 Å². The zero-order valence-corrected chi connectivity index (χ0v) is 11.9. The molecule has 0 aliphatic carbocycles. The third kappa shape index (κ3) is 2.92. The van der Waals surface area contributed by atoms with Gasteiger partial charge in [-0.25, -0.2) is 0 Å². The first-order valence-electron chi connectivity index (χ1n) is 7.37. The average Bonchev–Trinajstić information content (AvgIpc) is 2.85. The minimum absolute atomic E-state index is 0.173. The summed E-state index contributed by atoms with van der Waals surface area (Å²) in [6.07, 6.45) is 4.78. The highest BCUT2D eigenvalue weighted by atomic mass is 16.5. The molecule has 2 aliphatic heterocycles. The Kier molecular flexibility index (Phi) is 3.86. The molecule has 2 atom stereocenters. The first-order chi connectivity index (χ1) is 9.72. The molecule has 7 heteroatoms. The molecule has 0 spiro atoms. The van der Waals surface area contributed by atoms with Gasteiger partial charge in [-0.15, -0.1) is 0 Å². The van der Waals surface area contributed by atoms with Crippen molar-refractivity contribution in [1.82, 2.24) is 15.0 Å². The Balaban J connectivity index is 1.75. The van der Waals surface area contributed by atoms with E-state index < -0.39 is 0 Å². The van der Waals surface area contributed by atoms with Crippen LogP contribution in [0.2, 0.25) is 0 Å². The van der Waals surface area contributed by atoms with Crippen molar-refractivity contribution in [2.24, 2.45) is 0 Å². The second kappa shape index (κ2) is 5.78. The summed E-state index contributed by atoms with van der Waals surface area (Å²) in [5.74, 6) is 1.52. The molecule has 0 radical (unpaired) electrons. The maximum atomic E-state index is 5.81. The number of nitrogen functional groups attached to an aromatic ring is 1. The number of nitrogens with zero attached hydrogens (tertiary/aromatic N) is 4. The molecule has 0 amide bonds. The Morgan fingerprint density at radius 2 is 2.00 bits per heavy atom. The van der Waals surface area contributed by atoms with Crippen LogP contribution in [0.3, 0.4) is 0 Å². The summed E-state index contributed by atoms with van der Waals surface area (Å²) in [6.45, 7) is 4.82. The smallest absolute Gasteiger partial charge is 0.231 e. The van der Waals surface area contributed by atoms with Crippen LogP contribution in [0, 0.1) is 0 Å². The van der Waals surface area contributed by atoms with E-state index in [1.165, 1.54) is 19.3 Å². The summed E-state index contributed by atoms with van der Waals surface area (Å²) < 4.78 is 5.54. The van der Waals surface area contributed by atoms with E-state index in [-0.39, 0.29) is 18.1 Å². The first kappa shape index (κ1) is 13.4. The van der Waals surface area contributed by atoms with Crippen molar-refractivity contribution in [2.45, 2.75) is 44.8 Å². The van der Waals surface area contributed by atoms with Gasteiger partial charge in [-0.2, -0.15) is 15.0 Å². The van der Waals surface area contributed by atoms with E-state index in [4.69, 9.17) is 10.5 Å². The van der Waals surface area contributed by atoms with Gasteiger partial charge in [0.1, 0.15) is 0 Å². The van der Waals surface area contributed by atoms with Crippen molar-refractivity contribution >= 4 is 17.8 Å². The number of ether oxygens (including phenoxy) is 1. The van der Waals surface area contributed by atoms with Gasteiger partial charge in [-0.1, -0.05) is 0 Å². The Bertz CT molecular complexity index is 462. The van der Waals surface area contributed by atoms with Gasteiger partial charge in [0.15, 0.2) is 0 Å². The molecule has 3 heterocycles. The predicted molar refractivity (Wildman–Crippen MR) is 77.7 cm³/mol. The molecule has 0 bridgehead atoms. The fourth-order valence-corrected chi connectivity index (χ4v) is 2.77. The fourth-order valence-electron chi connectivity index (χ4n) is 2.77. The second-order valence-corrected chi connectivity index (χ2v) is 5.48. The molecule has 7 nitrogen and oxygen atoms in total. The van der Waals surface area contributed by atoms with E-state index in [0.29, 0.717) is 11.9 Å². The first-order valence-corrected chi connectivity index (χ1v) is 7.37. The standard InChI is InChI=1S/C13H22N6O/c1-9-10(5-8-20-9)15-12-16-11(14)17-13(18-12)19-6-3-2-4-7-19/h9-10H,2-8H2,1H3,(H3,14,15,16,17,18). The van der Waals surface area contributed by atoms with Crippen molar-refractivity contribution in [3.05, 3.63) is 0 Å². The van der Waals surface area contributed by atoms with Gasteiger partial charge in [0.25, 0.3) is 0 Å². The minimum Gasteiger partial charge on any atom is -0.376 e. The molecule has 2 aliphatic rings. The molecule has 20 heavy (non-hydrogen) atoms. The lowest BCUT2D eigenvalue weighted by atomic mass is 10.1. The van der Waals surface area contributed by atoms with Crippen LogP contribution in [0.4, 0.5) is 17.8 Å². The van der Waals surface area contributed by atoms with Crippen molar-refractivity contribution < 1.29 is 4.74 Å². The van der Waals surface area contributed by atoms with Gasteiger partial charge in [0.05, 0.1) is 12.1 Å². The predicted octanol–water partition coefficient (Wildman–Crippen LogP) is 1.03. The number of hydrogen-bond donors (Lipinski definition) is 2. The average molecular weight is 278 g/mol. The van der Waals surface area contributed by atoms with Crippen LogP contribution in [0.5, 0.6) is 0 Å². The molecule has 2 unspecified atom stereocenters. The lowest BCUT2D eigenvalue weighted by Gasteiger charge is -2.27. The van der Waals surface area contributed by atoms with Gasteiger partial charge in [0.2, 0.25) is 17.8 Å². The number of nitrogens with two attached hydrogens (primary N) is 1. The molecule has 2 saturated heterocycles. The SMILES string of the molecule is CC1OCCC1Nc1nc(N)nc(N2CCCCC2)n1. The Morgan fingerprint density at radius 3 is 2.70 bits per heavy atom. The summed E-state index contributed by atoms with van der Waals surface area (Å²) in [6, 6.07) is 0.242. The molecule has 2 fully saturated rings. The van der Waals surface area contributed by atoms with E-state index in [2.05, 4.69) is 32.1 Å². The topological polar surface area (TPSA) is 89.2 Å². The van der Waals surface area contributed by atoms with E-state index in [9.17, 15) is 0 Å². The number of anilines is 3. The number of hydrogen-bond acceptors (Lipinski definition) is 7. The summed E-state index contributed by atoms with van der Waals surface area (Å²) in [7, 11) is 0. The molecule has 0 saturated carbocycles. The highest BCUT2D eigenvalue weighted by Gasteiger charge is 2.25. The van der Waals surface area contributed by atoms with E-state index in [0.717, 1.165) is 26.1 Å². The Hall–Kier alpha value is -1.63. The quantitative estimate of drug-likeness (QED) is 0.853. The van der Waals surface area contributed by atoms with Gasteiger partial charge >= 0.3 is 0 Å². The molecule has 110 valence electrons. The molecule has 0 aromatic carbocycles. The zero-order chi connectivity index (χ0) is 13.9. The molecular weight excluding hydrogens is 256 g/mol. The van der Waals surface area contributed by atoms with Crippen LogP contribution in [-0.2, 0) is 4.74 Å². The van der Waals surface area contributed by atoms with Gasteiger partial charge < -0.3 is 20.7 Å². The fraction of sp³-hybridized carbons (Fsp3) is 0.769. The van der Waals surface area contributed by atoms with Crippen LogP contribution in [0.25, 0.3) is 0 Å². The molecular formula is C13H22N6O. The van der Waals surface area contributed by atoms with Crippen LogP contribution >= 0.6 is 0 Å². The third-order valence-electron chi connectivity index (χ3n) is 3.97. The highest BCUT2D eigenvalue weighted by molar-refractivity contribution is 5.42. The van der Waals surface area contributed by atoms with Crippen LogP contribution in [0.15, 0.2) is 0 Å². The maximum Gasteiger partial charge on any atom is 0.231 e. The lowest BCUT2D eigenvalue weighted by molar-refractivity contribution is 0.121. The van der Waals surface area contributed by atoms with E-state index in [1.807, 2.05) is 0 Å². The summed E-state index contributed by atoms with van der Waals surface area (Å²) >= 11 is 0. The normalized spacial score (nSPS) is 26.8. The van der Waals surface area contributed by atoms with Crippen molar-refractivity contribution in [2.75, 3.05) is 35.6 Å². The molecule has 3 N–H and O–H groups in total. The molecule has 1 aromatic rings. The van der Waals surface area contributed by atoms with Crippen molar-refractivity contribution in [3.8, 4) is 0 Å². The zero-order valence-electron chi connectivity index (χ0n) is 11.9. The minimum atomic E-state index is 0.173. The summed E-state index contributed by atoms with van der Waals surface area (Å²) in [5, 5.41) is 3.32. The number of aromatic nitrogens is 3. The monoisotopic (exact) mass is 278 g/mol. The largest absolute Gasteiger partial charge is 0.376 e. The molecule has 3 rings (SSSR count). The Morgan fingerprint density at radius 1 is 1.20 bits per heavy atom. The second-order valence-electron chi connectivity index (χ2n) is 5.48. The van der Waals surface area contributed by atoms with Crippen molar-refractivity contribution in [3.63, 3.8) is 0 Å². The van der Waals surface area contributed by atoms with Crippen LogP contribution < -0.4 is 16.0 Å². The number of nitrogens with one attached hydrogen (secondary N) is 1. The third-order valence-corrected chi connectivity index (χ3v) is 3.97. The highest BCUT2D eigenvalue weighted by Crippen LogP contribution is 2.20. The lowest BCUT2D eigenvalue weighted by Crippen LogP contribution is -2.32.